The summed E-state index contributed by atoms with van der Waals surface area (Å²) >= 11 is 6.28. The average molecular weight is 440 g/mol. The number of hydrogen-bond acceptors (Lipinski definition) is 4. The molecule has 0 aliphatic rings. The van der Waals surface area contributed by atoms with E-state index < -0.39 is 17.0 Å². The quantitative estimate of drug-likeness (QED) is 0.573. The van der Waals surface area contributed by atoms with Crippen molar-refractivity contribution in [2.24, 2.45) is 0 Å². The summed E-state index contributed by atoms with van der Waals surface area (Å²) in [5.74, 6) is -0.473. The number of allylic oxidation sites excluding steroid dienone is 1. The highest BCUT2D eigenvalue weighted by Gasteiger charge is 2.13. The lowest BCUT2D eigenvalue weighted by molar-refractivity contribution is 0.104. The second-order valence-corrected chi connectivity index (χ2v) is 6.32. The molecule has 0 saturated carbocycles. The van der Waals surface area contributed by atoms with Crippen LogP contribution in [0.4, 0.5) is 0 Å². The van der Waals surface area contributed by atoms with Gasteiger partial charge in [0.2, 0.25) is 5.43 Å². The monoisotopic (exact) mass is 438 g/mol. The summed E-state index contributed by atoms with van der Waals surface area (Å²) in [6.45, 7) is 0. The van der Waals surface area contributed by atoms with Crippen molar-refractivity contribution < 1.29 is 14.6 Å². The number of aromatic hydroxyl groups is 1. The van der Waals surface area contributed by atoms with Crippen molar-refractivity contribution in [1.29, 1.82) is 0 Å². The summed E-state index contributed by atoms with van der Waals surface area (Å²) in [5, 5.41) is 9.99. The van der Waals surface area contributed by atoms with Crippen LogP contribution >= 0.6 is 31.9 Å². The van der Waals surface area contributed by atoms with E-state index in [1.165, 1.54) is 25.3 Å². The second-order valence-electron chi connectivity index (χ2n) is 4.55. The van der Waals surface area contributed by atoms with Crippen molar-refractivity contribution in [2.75, 3.05) is 7.11 Å². The number of rotatable bonds is 4. The van der Waals surface area contributed by atoms with Crippen molar-refractivity contribution >= 4 is 43.7 Å². The van der Waals surface area contributed by atoms with E-state index in [1.807, 2.05) is 12.1 Å². The second kappa shape index (κ2) is 7.57. The van der Waals surface area contributed by atoms with Crippen LogP contribution in [0.25, 0.3) is 6.08 Å². The highest BCUT2D eigenvalue weighted by atomic mass is 79.9. The number of benzene rings is 1. The molecule has 0 atom stereocenters. The molecule has 4 nitrogen and oxygen atoms in total. The molecule has 2 aromatic rings. The van der Waals surface area contributed by atoms with Crippen LogP contribution in [0.3, 0.4) is 0 Å². The summed E-state index contributed by atoms with van der Waals surface area (Å²) in [6.07, 6.45) is 2.85. The molecular formula is C17H12Br2O4. The molecule has 0 aliphatic carbocycles. The van der Waals surface area contributed by atoms with Gasteiger partial charge in [-0.05, 0) is 46.3 Å². The lowest BCUT2D eigenvalue weighted by Gasteiger charge is -2.03. The zero-order valence-electron chi connectivity index (χ0n) is 12.0. The third kappa shape index (κ3) is 4.09. The first kappa shape index (κ1) is 17.4. The third-order valence-electron chi connectivity index (χ3n) is 3.05. The average Bonchev–Trinajstić information content (AvgIpc) is 2.64. The molecule has 0 unspecified atom stereocenters. The summed E-state index contributed by atoms with van der Waals surface area (Å²) in [7, 11) is 1.54. The Morgan fingerprint density at radius 1 is 1.22 bits per heavy atom. The van der Waals surface area contributed by atoms with Crippen molar-refractivity contribution in [1.82, 2.24) is 0 Å². The van der Waals surface area contributed by atoms with Crippen LogP contribution in [0.5, 0.6) is 11.5 Å². The van der Waals surface area contributed by atoms with E-state index in [-0.39, 0.29) is 10.0 Å². The van der Waals surface area contributed by atoms with E-state index in [2.05, 4.69) is 31.9 Å². The number of para-hydroxylation sites is 1. The van der Waals surface area contributed by atoms with Gasteiger partial charge >= 0.3 is 0 Å². The van der Waals surface area contributed by atoms with Gasteiger partial charge in [-0.1, -0.05) is 34.1 Å². The summed E-state index contributed by atoms with van der Waals surface area (Å²) in [6, 6.07) is 10.1. The molecule has 2 rings (SSSR count). The van der Waals surface area contributed by atoms with Crippen LogP contribution in [-0.4, -0.2) is 18.0 Å². The van der Waals surface area contributed by atoms with Crippen LogP contribution in [0, 0.1) is 0 Å². The number of ether oxygens (including phenoxy) is 1. The van der Waals surface area contributed by atoms with Crippen molar-refractivity contribution in [3.05, 3.63) is 72.8 Å². The Kier molecular flexibility index (Phi) is 5.74. The zero-order chi connectivity index (χ0) is 17.0. The molecule has 1 N–H and O–H groups in total. The standard InChI is InChI=1S/C17H12Br2O4/c1-23-15-5-3-2-4-10(15)6-7-14(20)12-8-11(18)9-13(19)17(22)16(12)21/h2-9H,1H3,(H,21,22)/b7-6+. The Hall–Kier alpha value is -1.92. The van der Waals surface area contributed by atoms with Gasteiger partial charge in [0, 0.05) is 10.0 Å². The number of carbonyl (C=O) groups excluding carboxylic acids is 1. The molecule has 23 heavy (non-hydrogen) atoms. The smallest absolute Gasteiger partial charge is 0.235 e. The molecule has 0 saturated heterocycles. The fraction of sp³-hybridized carbons (Fsp3) is 0.0588. The fourth-order valence-electron chi connectivity index (χ4n) is 1.92. The van der Waals surface area contributed by atoms with Gasteiger partial charge in [0.25, 0.3) is 0 Å². The van der Waals surface area contributed by atoms with Gasteiger partial charge in [0.15, 0.2) is 11.5 Å². The van der Waals surface area contributed by atoms with E-state index >= 15 is 0 Å². The molecule has 0 bridgehead atoms. The lowest BCUT2D eigenvalue weighted by atomic mass is 10.1. The molecule has 0 fully saturated rings. The Balaban J connectivity index is 2.45. The Morgan fingerprint density at radius 3 is 2.61 bits per heavy atom. The van der Waals surface area contributed by atoms with E-state index in [9.17, 15) is 14.7 Å². The number of methoxy groups -OCH3 is 1. The highest BCUT2D eigenvalue weighted by Crippen LogP contribution is 2.23. The van der Waals surface area contributed by atoms with Crippen LogP contribution in [0.1, 0.15) is 15.9 Å². The molecule has 0 aromatic heterocycles. The normalized spacial score (nSPS) is 10.7. The van der Waals surface area contributed by atoms with Gasteiger partial charge < -0.3 is 9.84 Å². The molecule has 0 amide bonds. The Morgan fingerprint density at radius 2 is 1.91 bits per heavy atom. The van der Waals surface area contributed by atoms with Gasteiger partial charge in [-0.2, -0.15) is 0 Å². The summed E-state index contributed by atoms with van der Waals surface area (Å²) in [4.78, 5) is 24.2. The molecule has 0 heterocycles. The minimum Gasteiger partial charge on any atom is -0.504 e. The topological polar surface area (TPSA) is 63.6 Å². The minimum absolute atomic E-state index is 0.0845. The summed E-state index contributed by atoms with van der Waals surface area (Å²) in [5.41, 5.74) is -0.0193. The van der Waals surface area contributed by atoms with Gasteiger partial charge in [-0.15, -0.1) is 0 Å². The van der Waals surface area contributed by atoms with Crippen molar-refractivity contribution in [3.8, 4) is 11.5 Å². The van der Waals surface area contributed by atoms with Crippen LogP contribution in [0.15, 0.2) is 56.2 Å². The van der Waals surface area contributed by atoms with Crippen LogP contribution in [-0.2, 0) is 0 Å². The minimum atomic E-state index is -0.648. The predicted molar refractivity (Wildman–Crippen MR) is 96.1 cm³/mol. The number of ketones is 1. The van der Waals surface area contributed by atoms with E-state index in [0.29, 0.717) is 15.8 Å². The molecule has 0 radical (unpaired) electrons. The highest BCUT2D eigenvalue weighted by molar-refractivity contribution is 9.11. The van der Waals surface area contributed by atoms with E-state index in [1.54, 1.807) is 18.2 Å². The maximum absolute atomic E-state index is 12.3. The van der Waals surface area contributed by atoms with Gasteiger partial charge in [-0.3, -0.25) is 9.59 Å². The number of carbonyl (C=O) groups is 1. The maximum Gasteiger partial charge on any atom is 0.235 e. The maximum atomic E-state index is 12.3. The first-order valence-electron chi connectivity index (χ1n) is 6.51. The van der Waals surface area contributed by atoms with E-state index in [0.717, 1.165) is 0 Å². The zero-order valence-corrected chi connectivity index (χ0v) is 15.2. The van der Waals surface area contributed by atoms with E-state index in [4.69, 9.17) is 4.74 Å². The van der Waals surface area contributed by atoms with Crippen LogP contribution in [0.2, 0.25) is 0 Å². The SMILES string of the molecule is COc1ccccc1/C=C/C(=O)c1cc(Br)cc(Br)c(=O)c1O. The van der Waals surface area contributed by atoms with Gasteiger partial charge in [0.1, 0.15) is 5.75 Å². The van der Waals surface area contributed by atoms with Crippen molar-refractivity contribution in [2.45, 2.75) is 0 Å². The first-order valence-corrected chi connectivity index (χ1v) is 8.10. The van der Waals surface area contributed by atoms with Crippen molar-refractivity contribution in [3.63, 3.8) is 0 Å². The van der Waals surface area contributed by atoms with Gasteiger partial charge in [0.05, 0.1) is 17.1 Å². The lowest BCUT2D eigenvalue weighted by Crippen LogP contribution is -2.03. The van der Waals surface area contributed by atoms with Gasteiger partial charge in [-0.25, -0.2) is 0 Å². The number of hydrogen-bond donors (Lipinski definition) is 1. The first-order chi connectivity index (χ1) is 10.9. The molecule has 6 heteroatoms. The molecule has 2 aromatic carbocycles. The third-order valence-corrected chi connectivity index (χ3v) is 4.10. The Bertz CT molecular complexity index is 844. The Labute approximate surface area is 149 Å². The molecule has 0 spiro atoms. The predicted octanol–water partition coefficient (Wildman–Crippen LogP) is 4.18. The largest absolute Gasteiger partial charge is 0.504 e. The summed E-state index contributed by atoms with van der Waals surface area (Å²) < 4.78 is 5.86. The fourth-order valence-corrected chi connectivity index (χ4v) is 3.12. The molecular weight excluding hydrogens is 428 g/mol. The molecule has 0 aliphatic heterocycles. The van der Waals surface area contributed by atoms with Crippen LogP contribution < -0.4 is 10.2 Å². The number of halogens is 2. The molecule has 118 valence electrons.